The summed E-state index contributed by atoms with van der Waals surface area (Å²) in [5.41, 5.74) is 2.55. The Morgan fingerprint density at radius 2 is 2.12 bits per heavy atom. The third kappa shape index (κ3) is 4.63. The predicted octanol–water partition coefficient (Wildman–Crippen LogP) is 2.15. The van der Waals surface area contributed by atoms with Crippen molar-refractivity contribution in [3.05, 3.63) is 41.8 Å². The molecule has 24 heavy (non-hydrogen) atoms. The quantitative estimate of drug-likeness (QED) is 0.727. The van der Waals surface area contributed by atoms with Crippen LogP contribution in [0.15, 0.2) is 30.5 Å². The Morgan fingerprint density at radius 1 is 1.29 bits per heavy atom. The summed E-state index contributed by atoms with van der Waals surface area (Å²) in [7, 11) is 0. The second-order valence-electron chi connectivity index (χ2n) is 6.43. The Kier molecular flexibility index (Phi) is 5.96. The molecule has 1 aromatic carbocycles. The van der Waals surface area contributed by atoms with E-state index in [1.54, 1.807) is 12.3 Å². The van der Waals surface area contributed by atoms with Gasteiger partial charge in [0, 0.05) is 30.8 Å². The van der Waals surface area contributed by atoms with E-state index in [1.165, 1.54) is 31.4 Å². The molecule has 130 valence electrons. The largest absolute Gasteiger partial charge is 0.390 e. The number of aliphatic hydroxyl groups is 1. The standard InChI is InChI=1S/C18H25FN4O/c19-16-6-4-5-14(9-16)18-15(11-21-22-18)10-20-12-17(24)13-23-7-2-1-3-8-23/h4-6,9,11,17,20,24H,1-3,7-8,10,12-13H2,(H,21,22). The first-order chi connectivity index (χ1) is 11.7. The van der Waals surface area contributed by atoms with Gasteiger partial charge in [0.25, 0.3) is 0 Å². The summed E-state index contributed by atoms with van der Waals surface area (Å²) >= 11 is 0. The molecule has 3 rings (SSSR count). The molecule has 1 atom stereocenters. The molecule has 1 aliphatic rings. The van der Waals surface area contributed by atoms with Gasteiger partial charge in [-0.05, 0) is 38.1 Å². The summed E-state index contributed by atoms with van der Waals surface area (Å²) in [6.45, 7) is 4.00. The second kappa shape index (κ2) is 8.37. The van der Waals surface area contributed by atoms with E-state index >= 15 is 0 Å². The number of H-pyrrole nitrogens is 1. The Balaban J connectivity index is 1.49. The van der Waals surface area contributed by atoms with Gasteiger partial charge in [0.2, 0.25) is 0 Å². The van der Waals surface area contributed by atoms with Crippen LogP contribution in [-0.4, -0.2) is 52.5 Å². The van der Waals surface area contributed by atoms with Crippen molar-refractivity contribution in [3.63, 3.8) is 0 Å². The molecule has 0 spiro atoms. The normalized spacial score (nSPS) is 17.1. The molecule has 2 aromatic rings. The fraction of sp³-hybridized carbons (Fsp3) is 0.500. The Bertz CT molecular complexity index is 639. The molecule has 6 heteroatoms. The molecule has 3 N–H and O–H groups in total. The van der Waals surface area contributed by atoms with Gasteiger partial charge in [-0.1, -0.05) is 18.6 Å². The lowest BCUT2D eigenvalue weighted by Crippen LogP contribution is -2.40. The number of hydrogen-bond acceptors (Lipinski definition) is 4. The van der Waals surface area contributed by atoms with E-state index in [1.807, 2.05) is 6.07 Å². The van der Waals surface area contributed by atoms with Crippen LogP contribution in [-0.2, 0) is 6.54 Å². The van der Waals surface area contributed by atoms with Crippen LogP contribution >= 0.6 is 0 Å². The first-order valence-electron chi connectivity index (χ1n) is 8.61. The highest BCUT2D eigenvalue weighted by atomic mass is 19.1. The minimum Gasteiger partial charge on any atom is -0.390 e. The van der Waals surface area contributed by atoms with Crippen LogP contribution in [0.25, 0.3) is 11.3 Å². The van der Waals surface area contributed by atoms with E-state index in [9.17, 15) is 9.50 Å². The van der Waals surface area contributed by atoms with Crippen LogP contribution in [0, 0.1) is 5.82 Å². The summed E-state index contributed by atoms with van der Waals surface area (Å²) in [5, 5.41) is 20.4. The lowest BCUT2D eigenvalue weighted by Gasteiger charge is -2.28. The molecule has 0 radical (unpaired) electrons. The van der Waals surface area contributed by atoms with Gasteiger partial charge in [0.15, 0.2) is 0 Å². The van der Waals surface area contributed by atoms with Gasteiger partial charge < -0.3 is 15.3 Å². The maximum Gasteiger partial charge on any atom is 0.123 e. The smallest absolute Gasteiger partial charge is 0.123 e. The molecule has 1 unspecified atom stereocenters. The fourth-order valence-electron chi connectivity index (χ4n) is 3.22. The number of nitrogens with one attached hydrogen (secondary N) is 2. The average molecular weight is 332 g/mol. The van der Waals surface area contributed by atoms with E-state index in [0.29, 0.717) is 13.1 Å². The summed E-state index contributed by atoms with van der Waals surface area (Å²) < 4.78 is 13.4. The van der Waals surface area contributed by atoms with Gasteiger partial charge in [0.1, 0.15) is 5.82 Å². The monoisotopic (exact) mass is 332 g/mol. The van der Waals surface area contributed by atoms with Gasteiger partial charge >= 0.3 is 0 Å². The Labute approximate surface area is 141 Å². The lowest BCUT2D eigenvalue weighted by molar-refractivity contribution is 0.1000. The number of benzene rings is 1. The van der Waals surface area contributed by atoms with Crippen LogP contribution in [0.3, 0.4) is 0 Å². The van der Waals surface area contributed by atoms with E-state index < -0.39 is 0 Å². The average Bonchev–Trinajstić information content (AvgIpc) is 3.04. The van der Waals surface area contributed by atoms with Gasteiger partial charge in [0.05, 0.1) is 18.0 Å². The Morgan fingerprint density at radius 3 is 2.92 bits per heavy atom. The minimum atomic E-state index is -0.382. The van der Waals surface area contributed by atoms with Gasteiger partial charge in [-0.3, -0.25) is 5.10 Å². The molecule has 0 saturated carbocycles. The fourth-order valence-corrected chi connectivity index (χ4v) is 3.22. The molecule has 0 amide bonds. The first kappa shape index (κ1) is 17.1. The second-order valence-corrected chi connectivity index (χ2v) is 6.43. The van der Waals surface area contributed by atoms with Crippen molar-refractivity contribution < 1.29 is 9.50 Å². The molecule has 1 aromatic heterocycles. The van der Waals surface area contributed by atoms with Crippen LogP contribution in [0.1, 0.15) is 24.8 Å². The number of aromatic nitrogens is 2. The van der Waals surface area contributed by atoms with Gasteiger partial charge in [-0.25, -0.2) is 4.39 Å². The van der Waals surface area contributed by atoms with Crippen LogP contribution < -0.4 is 5.32 Å². The van der Waals surface area contributed by atoms with Crippen molar-refractivity contribution in [2.24, 2.45) is 0 Å². The number of hydrogen-bond donors (Lipinski definition) is 3. The zero-order valence-electron chi connectivity index (χ0n) is 13.8. The van der Waals surface area contributed by atoms with Crippen molar-refractivity contribution in [1.29, 1.82) is 0 Å². The molecule has 5 nitrogen and oxygen atoms in total. The molecular weight excluding hydrogens is 307 g/mol. The number of aliphatic hydroxyl groups excluding tert-OH is 1. The Hall–Kier alpha value is -1.76. The number of rotatable bonds is 7. The van der Waals surface area contributed by atoms with Crippen molar-refractivity contribution in [3.8, 4) is 11.3 Å². The highest BCUT2D eigenvalue weighted by Gasteiger charge is 2.15. The van der Waals surface area contributed by atoms with Crippen LogP contribution in [0.2, 0.25) is 0 Å². The number of piperidine rings is 1. The van der Waals surface area contributed by atoms with Crippen molar-refractivity contribution in [2.45, 2.75) is 31.9 Å². The SMILES string of the molecule is OC(CNCc1cn[nH]c1-c1cccc(F)c1)CN1CCCCC1. The molecular formula is C18H25FN4O. The number of nitrogens with zero attached hydrogens (tertiary/aromatic N) is 2. The van der Waals surface area contributed by atoms with Crippen molar-refractivity contribution in [1.82, 2.24) is 20.4 Å². The third-order valence-corrected chi connectivity index (χ3v) is 4.44. The van der Waals surface area contributed by atoms with E-state index in [0.717, 1.165) is 36.5 Å². The number of aromatic amines is 1. The molecule has 2 heterocycles. The van der Waals surface area contributed by atoms with Crippen molar-refractivity contribution >= 4 is 0 Å². The molecule has 1 fully saturated rings. The summed E-state index contributed by atoms with van der Waals surface area (Å²) in [6.07, 6.45) is 5.11. The molecule has 0 bridgehead atoms. The lowest BCUT2D eigenvalue weighted by atomic mass is 10.1. The topological polar surface area (TPSA) is 64.2 Å². The maximum atomic E-state index is 13.4. The third-order valence-electron chi connectivity index (χ3n) is 4.44. The number of β-amino-alcohol motifs (C(OH)–C–C–N with tert-alkyl or cyclic N) is 1. The first-order valence-corrected chi connectivity index (χ1v) is 8.61. The predicted molar refractivity (Wildman–Crippen MR) is 92.0 cm³/mol. The van der Waals surface area contributed by atoms with E-state index in [2.05, 4.69) is 20.4 Å². The highest BCUT2D eigenvalue weighted by Crippen LogP contribution is 2.21. The number of halogens is 1. The minimum absolute atomic E-state index is 0.266. The molecule has 1 saturated heterocycles. The van der Waals surface area contributed by atoms with Gasteiger partial charge in [-0.15, -0.1) is 0 Å². The van der Waals surface area contributed by atoms with E-state index in [-0.39, 0.29) is 11.9 Å². The summed E-state index contributed by atoms with van der Waals surface area (Å²) in [4.78, 5) is 2.33. The van der Waals surface area contributed by atoms with E-state index in [4.69, 9.17) is 0 Å². The highest BCUT2D eigenvalue weighted by molar-refractivity contribution is 5.62. The zero-order chi connectivity index (χ0) is 16.8. The van der Waals surface area contributed by atoms with Crippen molar-refractivity contribution in [2.75, 3.05) is 26.2 Å². The molecule has 0 aliphatic carbocycles. The van der Waals surface area contributed by atoms with Crippen LogP contribution in [0.4, 0.5) is 4.39 Å². The number of likely N-dealkylation sites (tertiary alicyclic amines) is 1. The summed E-state index contributed by atoms with van der Waals surface area (Å²) in [5.74, 6) is -0.266. The summed E-state index contributed by atoms with van der Waals surface area (Å²) in [6, 6.07) is 6.45. The molecule has 1 aliphatic heterocycles. The maximum absolute atomic E-state index is 13.4. The zero-order valence-corrected chi connectivity index (χ0v) is 13.8. The van der Waals surface area contributed by atoms with Crippen LogP contribution in [0.5, 0.6) is 0 Å². The van der Waals surface area contributed by atoms with Gasteiger partial charge in [-0.2, -0.15) is 5.10 Å².